The van der Waals surface area contributed by atoms with Crippen molar-refractivity contribution in [3.8, 4) is 22.6 Å². The van der Waals surface area contributed by atoms with Gasteiger partial charge >= 0.3 is 0 Å². The van der Waals surface area contributed by atoms with Gasteiger partial charge in [-0.25, -0.2) is 0 Å². The third-order valence-corrected chi connectivity index (χ3v) is 5.91. The molecule has 0 unspecified atom stereocenters. The lowest BCUT2D eigenvalue weighted by atomic mass is 9.81. The van der Waals surface area contributed by atoms with Gasteiger partial charge in [-0.15, -0.1) is 0 Å². The summed E-state index contributed by atoms with van der Waals surface area (Å²) in [4.78, 5) is 26.3. The molecule has 1 aliphatic rings. The number of carbonyl (C=O) groups excluding carboxylic acids is 2. The lowest BCUT2D eigenvalue weighted by Gasteiger charge is -2.21. The molecule has 4 heteroatoms. The van der Waals surface area contributed by atoms with Crippen LogP contribution in [-0.4, -0.2) is 23.8 Å². The average molecular weight is 420 g/mol. The Balaban J connectivity index is 1.50. The molecule has 0 bridgehead atoms. The Morgan fingerprint density at radius 3 is 2.09 bits per heavy atom. The van der Waals surface area contributed by atoms with Gasteiger partial charge < -0.3 is 9.84 Å². The highest BCUT2D eigenvalue weighted by Crippen LogP contribution is 2.38. The van der Waals surface area contributed by atoms with Crippen LogP contribution in [0.4, 0.5) is 0 Å². The van der Waals surface area contributed by atoms with Gasteiger partial charge in [-0.05, 0) is 34.4 Å². The van der Waals surface area contributed by atoms with Gasteiger partial charge in [-0.2, -0.15) is 0 Å². The average Bonchev–Trinajstić information content (AvgIpc) is 2.84. The molecule has 0 heterocycles. The number of benzene rings is 4. The molecule has 32 heavy (non-hydrogen) atoms. The van der Waals surface area contributed by atoms with E-state index in [1.165, 1.54) is 7.11 Å². The van der Waals surface area contributed by atoms with Crippen molar-refractivity contribution >= 4 is 11.6 Å². The molecule has 156 valence electrons. The lowest BCUT2D eigenvalue weighted by molar-refractivity contribution is 0.0974. The van der Waals surface area contributed by atoms with Crippen LogP contribution < -0.4 is 4.74 Å². The highest BCUT2D eigenvalue weighted by molar-refractivity contribution is 6.30. The van der Waals surface area contributed by atoms with Gasteiger partial charge in [0.15, 0.2) is 5.78 Å². The van der Waals surface area contributed by atoms with E-state index in [0.717, 1.165) is 16.7 Å². The Hall–Kier alpha value is -4.18. The third-order valence-electron chi connectivity index (χ3n) is 5.91. The highest BCUT2D eigenvalue weighted by atomic mass is 16.5. The van der Waals surface area contributed by atoms with E-state index in [4.69, 9.17) is 4.74 Å². The summed E-state index contributed by atoms with van der Waals surface area (Å²) in [5.74, 6) is -0.509. The van der Waals surface area contributed by atoms with Gasteiger partial charge in [-0.1, -0.05) is 72.8 Å². The van der Waals surface area contributed by atoms with Crippen LogP contribution in [0.15, 0.2) is 84.9 Å². The summed E-state index contributed by atoms with van der Waals surface area (Å²) in [6, 6.07) is 26.5. The zero-order valence-electron chi connectivity index (χ0n) is 17.5. The Kier molecular flexibility index (Phi) is 4.83. The number of ether oxygens (including phenoxy) is 1. The van der Waals surface area contributed by atoms with Crippen molar-refractivity contribution in [1.82, 2.24) is 0 Å². The first-order valence-corrected chi connectivity index (χ1v) is 10.3. The molecule has 0 aromatic heterocycles. The monoisotopic (exact) mass is 420 g/mol. The molecule has 0 amide bonds. The van der Waals surface area contributed by atoms with E-state index in [2.05, 4.69) is 12.1 Å². The van der Waals surface area contributed by atoms with Crippen LogP contribution in [0.5, 0.6) is 11.5 Å². The summed E-state index contributed by atoms with van der Waals surface area (Å²) in [5.41, 5.74) is 4.59. The minimum absolute atomic E-state index is 0.0467. The molecule has 5 rings (SSSR count). The Bertz CT molecular complexity index is 1350. The van der Waals surface area contributed by atoms with Gasteiger partial charge in [0.25, 0.3) is 0 Å². The second kappa shape index (κ2) is 7.82. The van der Waals surface area contributed by atoms with Crippen LogP contribution in [0.25, 0.3) is 11.1 Å². The highest BCUT2D eigenvalue weighted by Gasteiger charge is 2.35. The molecule has 0 saturated carbocycles. The maximum atomic E-state index is 13.3. The lowest BCUT2D eigenvalue weighted by Crippen LogP contribution is -2.22. The summed E-state index contributed by atoms with van der Waals surface area (Å²) in [7, 11) is 1.46. The molecule has 0 saturated heterocycles. The number of hydrogen-bond donors (Lipinski definition) is 1. The van der Waals surface area contributed by atoms with E-state index >= 15 is 0 Å². The van der Waals surface area contributed by atoms with Gasteiger partial charge in [0, 0.05) is 17.5 Å². The topological polar surface area (TPSA) is 63.6 Å². The van der Waals surface area contributed by atoms with Crippen LogP contribution >= 0.6 is 0 Å². The molecule has 0 aliphatic heterocycles. The minimum Gasteiger partial charge on any atom is -0.507 e. The second-order valence-corrected chi connectivity index (χ2v) is 7.78. The Labute approximate surface area is 185 Å². The number of methoxy groups -OCH3 is 1. The van der Waals surface area contributed by atoms with Crippen molar-refractivity contribution in [3.63, 3.8) is 0 Å². The largest absolute Gasteiger partial charge is 0.507 e. The normalized spacial score (nSPS) is 12.3. The van der Waals surface area contributed by atoms with Crippen LogP contribution in [0.3, 0.4) is 0 Å². The third kappa shape index (κ3) is 3.17. The number of carbonyl (C=O) groups is 2. The summed E-state index contributed by atoms with van der Waals surface area (Å²) >= 11 is 0. The fourth-order valence-electron chi connectivity index (χ4n) is 4.26. The van der Waals surface area contributed by atoms with E-state index in [9.17, 15) is 14.7 Å². The molecule has 4 aromatic carbocycles. The number of ketones is 2. The summed E-state index contributed by atoms with van der Waals surface area (Å²) in [6.07, 6.45) is 0.439. The number of aromatic hydroxyl groups is 1. The first kappa shape index (κ1) is 19.8. The molecule has 1 N–H and O–H groups in total. The maximum Gasteiger partial charge on any atom is 0.201 e. The fraction of sp³-hybridized carbons (Fsp3) is 0.0714. The van der Waals surface area contributed by atoms with Crippen molar-refractivity contribution < 1.29 is 19.4 Å². The summed E-state index contributed by atoms with van der Waals surface area (Å²) < 4.78 is 5.31. The van der Waals surface area contributed by atoms with Crippen molar-refractivity contribution in [2.45, 2.75) is 6.42 Å². The van der Waals surface area contributed by atoms with Crippen LogP contribution in [0, 0.1) is 0 Å². The Morgan fingerprint density at radius 2 is 1.38 bits per heavy atom. The Morgan fingerprint density at radius 1 is 0.688 bits per heavy atom. The van der Waals surface area contributed by atoms with E-state index < -0.39 is 5.78 Å². The van der Waals surface area contributed by atoms with Crippen LogP contribution in [0.2, 0.25) is 0 Å². The summed E-state index contributed by atoms with van der Waals surface area (Å²) in [6.45, 7) is 0. The maximum absolute atomic E-state index is 13.3. The molecule has 0 radical (unpaired) electrons. The molecule has 1 aliphatic carbocycles. The van der Waals surface area contributed by atoms with Crippen molar-refractivity contribution in [2.24, 2.45) is 0 Å². The predicted octanol–water partition coefficient (Wildman–Crippen LogP) is 5.43. The van der Waals surface area contributed by atoms with E-state index in [1.807, 2.05) is 42.5 Å². The molecule has 4 nitrogen and oxygen atoms in total. The van der Waals surface area contributed by atoms with Crippen molar-refractivity contribution in [2.75, 3.05) is 7.11 Å². The first-order valence-electron chi connectivity index (χ1n) is 10.3. The number of phenolic OH excluding ortho intramolecular Hbond substituents is 1. The standard InChI is InChI=1S/C28H20O4/c1-32-23-9-5-8-21-24(23)28(31)25-22(27(21)30)15-14-20(26(25)29)16-17-10-12-19(13-11-17)18-6-3-2-4-7-18/h2-15,29H,16H2,1H3. The zero-order valence-corrected chi connectivity index (χ0v) is 17.5. The zero-order chi connectivity index (χ0) is 22.2. The fourth-order valence-corrected chi connectivity index (χ4v) is 4.26. The molecule has 0 spiro atoms. The predicted molar refractivity (Wildman–Crippen MR) is 123 cm³/mol. The molecule has 4 aromatic rings. The van der Waals surface area contributed by atoms with Gasteiger partial charge in [-0.3, -0.25) is 9.59 Å². The van der Waals surface area contributed by atoms with Gasteiger partial charge in [0.05, 0.1) is 18.2 Å². The number of phenols is 1. The van der Waals surface area contributed by atoms with Crippen LogP contribution in [0.1, 0.15) is 43.0 Å². The van der Waals surface area contributed by atoms with Gasteiger partial charge in [0.1, 0.15) is 11.5 Å². The molecular weight excluding hydrogens is 400 g/mol. The van der Waals surface area contributed by atoms with Gasteiger partial charge in [0.2, 0.25) is 5.78 Å². The number of rotatable bonds is 4. The second-order valence-electron chi connectivity index (χ2n) is 7.78. The SMILES string of the molecule is COc1cccc2c1C(=O)c1c(ccc(Cc3ccc(-c4ccccc4)cc3)c1O)C2=O. The molecule has 0 fully saturated rings. The van der Waals surface area contributed by atoms with Crippen molar-refractivity contribution in [1.29, 1.82) is 0 Å². The van der Waals surface area contributed by atoms with E-state index in [0.29, 0.717) is 23.3 Å². The molecule has 0 atom stereocenters. The van der Waals surface area contributed by atoms with Crippen LogP contribution in [-0.2, 0) is 6.42 Å². The quantitative estimate of drug-likeness (QED) is 0.421. The smallest absolute Gasteiger partial charge is 0.201 e. The minimum atomic E-state index is -0.397. The van der Waals surface area contributed by atoms with Crippen molar-refractivity contribution in [3.05, 3.63) is 118 Å². The summed E-state index contributed by atoms with van der Waals surface area (Å²) in [5, 5.41) is 11.0. The number of hydrogen-bond acceptors (Lipinski definition) is 4. The molecular formula is C28H20O4. The van der Waals surface area contributed by atoms with E-state index in [-0.39, 0.29) is 28.2 Å². The number of fused-ring (bicyclic) bond motifs is 2. The first-order chi connectivity index (χ1) is 15.6. The van der Waals surface area contributed by atoms with E-state index in [1.54, 1.807) is 30.3 Å².